The SMILES string of the molecule is C=C(c1ccc(O)c2c(O)c3c(cc12)CC1CC(=O)C(C(N)=O)=C(O)C1(O)C3=O)C(F)(F)F. The highest BCUT2D eigenvalue weighted by Crippen LogP contribution is 2.50. The minimum absolute atomic E-state index is 0.0235. The van der Waals surface area contributed by atoms with Crippen molar-refractivity contribution in [2.75, 3.05) is 0 Å². The third-order valence-corrected chi connectivity index (χ3v) is 6.19. The first-order chi connectivity index (χ1) is 15.2. The topological polar surface area (TPSA) is 158 Å². The van der Waals surface area contributed by atoms with Crippen molar-refractivity contribution >= 4 is 33.8 Å². The molecule has 0 heterocycles. The fourth-order valence-electron chi connectivity index (χ4n) is 4.57. The number of phenolic OH excluding ortho intramolecular Hbond substituents is 2. The summed E-state index contributed by atoms with van der Waals surface area (Å²) in [5, 5.41) is 41.8. The molecule has 0 aliphatic heterocycles. The Morgan fingerprint density at radius 2 is 1.79 bits per heavy atom. The van der Waals surface area contributed by atoms with E-state index < -0.39 is 86.5 Å². The predicted octanol–water partition coefficient (Wildman–Crippen LogP) is 2.18. The number of hydrogen-bond donors (Lipinski definition) is 5. The highest BCUT2D eigenvalue weighted by Gasteiger charge is 2.58. The molecule has 2 aliphatic rings. The Bertz CT molecular complexity index is 1340. The average molecular weight is 463 g/mol. The number of rotatable bonds is 2. The maximum Gasteiger partial charge on any atom is 0.416 e. The predicted molar refractivity (Wildman–Crippen MR) is 107 cm³/mol. The Kier molecular flexibility index (Phi) is 4.61. The first-order valence-corrected chi connectivity index (χ1v) is 9.52. The number of nitrogens with two attached hydrogens (primary N) is 1. The van der Waals surface area contributed by atoms with Crippen LogP contribution >= 0.6 is 0 Å². The number of hydrogen-bond acceptors (Lipinski definition) is 7. The molecule has 1 amide bonds. The van der Waals surface area contributed by atoms with Crippen molar-refractivity contribution in [1.82, 2.24) is 0 Å². The second-order valence-corrected chi connectivity index (χ2v) is 8.00. The van der Waals surface area contributed by atoms with Crippen molar-refractivity contribution < 1.29 is 48.0 Å². The van der Waals surface area contributed by atoms with E-state index in [1.54, 1.807) is 0 Å². The molecule has 2 aromatic rings. The van der Waals surface area contributed by atoms with Crippen LogP contribution in [0.25, 0.3) is 16.3 Å². The fraction of sp³-hybridized carbons (Fsp3) is 0.227. The molecule has 11 heteroatoms. The molecular weight excluding hydrogens is 447 g/mol. The second-order valence-electron chi connectivity index (χ2n) is 8.00. The zero-order valence-corrected chi connectivity index (χ0v) is 16.7. The zero-order valence-electron chi connectivity index (χ0n) is 16.7. The molecule has 0 saturated carbocycles. The average Bonchev–Trinajstić information content (AvgIpc) is 2.69. The normalized spacial score (nSPS) is 22.8. The first kappa shape index (κ1) is 22.3. The Balaban J connectivity index is 2.03. The van der Waals surface area contributed by atoms with Crippen LogP contribution in [-0.2, 0) is 16.0 Å². The summed E-state index contributed by atoms with van der Waals surface area (Å²) in [6.45, 7) is 3.03. The number of carbonyl (C=O) groups is 3. The third kappa shape index (κ3) is 2.92. The molecule has 8 nitrogen and oxygen atoms in total. The molecule has 0 radical (unpaired) electrons. The lowest BCUT2D eigenvalue weighted by molar-refractivity contribution is -0.125. The van der Waals surface area contributed by atoms with Gasteiger partial charge >= 0.3 is 6.18 Å². The number of aromatic hydroxyl groups is 2. The molecule has 2 aliphatic carbocycles. The first-order valence-electron chi connectivity index (χ1n) is 9.52. The molecule has 4 rings (SSSR count). The molecular formula is C22H16F3NO7. The largest absolute Gasteiger partial charge is 0.508 e. The molecule has 0 bridgehead atoms. The van der Waals surface area contributed by atoms with E-state index in [1.165, 1.54) is 0 Å². The van der Waals surface area contributed by atoms with E-state index in [-0.39, 0.29) is 17.4 Å². The molecule has 0 saturated heterocycles. The standard InChI is InChI=1S/C22H16F3NO7/c1-7(22(23,24)25)10-2-3-12(27)15-11(10)5-8-4-9-6-13(28)16(20(26)32)19(31)21(9,33)18(30)14(8)17(15)29/h2-3,5,9,27,29,31,33H,1,4,6H2,(H2,26,32). The van der Waals surface area contributed by atoms with Gasteiger partial charge in [-0.05, 0) is 35.1 Å². The number of allylic oxidation sites excluding steroid dienone is 1. The number of alkyl halides is 3. The Morgan fingerprint density at radius 3 is 2.36 bits per heavy atom. The summed E-state index contributed by atoms with van der Waals surface area (Å²) in [4.78, 5) is 37.1. The second kappa shape index (κ2) is 6.82. The summed E-state index contributed by atoms with van der Waals surface area (Å²) >= 11 is 0. The fourth-order valence-corrected chi connectivity index (χ4v) is 4.57. The molecule has 2 atom stereocenters. The van der Waals surface area contributed by atoms with Gasteiger partial charge in [0.25, 0.3) is 5.91 Å². The number of amides is 1. The van der Waals surface area contributed by atoms with Crippen LogP contribution in [0.5, 0.6) is 11.5 Å². The van der Waals surface area contributed by atoms with Gasteiger partial charge in [0.15, 0.2) is 11.4 Å². The van der Waals surface area contributed by atoms with E-state index >= 15 is 0 Å². The van der Waals surface area contributed by atoms with Gasteiger partial charge in [-0.25, -0.2) is 0 Å². The Hall–Kier alpha value is -3.86. The molecule has 0 fully saturated rings. The van der Waals surface area contributed by atoms with Gasteiger partial charge in [0, 0.05) is 12.3 Å². The smallest absolute Gasteiger partial charge is 0.416 e. The van der Waals surface area contributed by atoms with E-state index in [0.717, 1.165) is 18.2 Å². The molecule has 0 aromatic heterocycles. The van der Waals surface area contributed by atoms with Crippen molar-refractivity contribution in [3.63, 3.8) is 0 Å². The summed E-state index contributed by atoms with van der Waals surface area (Å²) in [5.74, 6) is -7.69. The highest BCUT2D eigenvalue weighted by molar-refractivity contribution is 6.23. The van der Waals surface area contributed by atoms with Crippen molar-refractivity contribution in [2.24, 2.45) is 11.7 Å². The van der Waals surface area contributed by atoms with Crippen molar-refractivity contribution in [3.8, 4) is 11.5 Å². The monoisotopic (exact) mass is 463 g/mol. The van der Waals surface area contributed by atoms with Crippen molar-refractivity contribution in [3.05, 3.63) is 52.8 Å². The van der Waals surface area contributed by atoms with E-state index in [4.69, 9.17) is 5.73 Å². The number of carbonyl (C=O) groups excluding carboxylic acids is 3. The van der Waals surface area contributed by atoms with E-state index in [2.05, 4.69) is 6.58 Å². The van der Waals surface area contributed by atoms with Gasteiger partial charge in [-0.1, -0.05) is 12.6 Å². The summed E-state index contributed by atoms with van der Waals surface area (Å²) in [7, 11) is 0. The molecule has 2 unspecified atom stereocenters. The molecule has 0 spiro atoms. The lowest BCUT2D eigenvalue weighted by Gasteiger charge is -2.41. The Labute approximate surface area is 183 Å². The number of phenols is 2. The number of primary amides is 1. The number of aliphatic hydroxyl groups excluding tert-OH is 1. The lowest BCUT2D eigenvalue weighted by Crippen LogP contribution is -2.56. The van der Waals surface area contributed by atoms with E-state index in [1.807, 2.05) is 0 Å². The van der Waals surface area contributed by atoms with Crippen LogP contribution in [0.1, 0.15) is 27.9 Å². The van der Waals surface area contributed by atoms with Crippen LogP contribution in [0.2, 0.25) is 0 Å². The quantitative estimate of drug-likeness (QED) is 0.427. The Morgan fingerprint density at radius 1 is 1.15 bits per heavy atom. The van der Waals surface area contributed by atoms with Gasteiger partial charge in [-0.15, -0.1) is 0 Å². The number of Topliss-reactive ketones (excluding diaryl/α,β-unsaturated/α-hetero) is 2. The molecule has 33 heavy (non-hydrogen) atoms. The molecule has 2 aromatic carbocycles. The summed E-state index contributed by atoms with van der Waals surface area (Å²) in [5.41, 5.74) is -0.949. The van der Waals surface area contributed by atoms with Crippen LogP contribution in [0.15, 0.2) is 36.1 Å². The number of aliphatic hydroxyl groups is 2. The van der Waals surface area contributed by atoms with Gasteiger partial charge in [0.1, 0.15) is 22.8 Å². The highest BCUT2D eigenvalue weighted by atomic mass is 19.4. The van der Waals surface area contributed by atoms with Crippen LogP contribution in [0.3, 0.4) is 0 Å². The third-order valence-electron chi connectivity index (χ3n) is 6.19. The van der Waals surface area contributed by atoms with Crippen molar-refractivity contribution in [1.29, 1.82) is 0 Å². The van der Waals surface area contributed by atoms with E-state index in [0.29, 0.717) is 0 Å². The van der Waals surface area contributed by atoms with Crippen LogP contribution in [0, 0.1) is 5.92 Å². The summed E-state index contributed by atoms with van der Waals surface area (Å²) in [6, 6.07) is 2.97. The van der Waals surface area contributed by atoms with Gasteiger partial charge in [0.05, 0.1) is 16.5 Å². The molecule has 6 N–H and O–H groups in total. The number of benzene rings is 2. The maximum absolute atomic E-state index is 13.3. The zero-order chi connectivity index (χ0) is 24.6. The number of ketones is 2. The maximum atomic E-state index is 13.3. The van der Waals surface area contributed by atoms with Crippen LogP contribution in [-0.4, -0.2) is 49.7 Å². The number of fused-ring (bicyclic) bond motifs is 3. The molecule has 172 valence electrons. The van der Waals surface area contributed by atoms with Gasteiger partial charge in [-0.3, -0.25) is 14.4 Å². The van der Waals surface area contributed by atoms with Gasteiger partial charge in [-0.2, -0.15) is 13.2 Å². The number of halogens is 3. The van der Waals surface area contributed by atoms with Crippen LogP contribution < -0.4 is 5.73 Å². The van der Waals surface area contributed by atoms with Gasteiger partial charge < -0.3 is 26.2 Å². The van der Waals surface area contributed by atoms with Crippen LogP contribution in [0.4, 0.5) is 13.2 Å². The minimum Gasteiger partial charge on any atom is -0.508 e. The minimum atomic E-state index is -4.83. The lowest BCUT2D eigenvalue weighted by atomic mass is 9.64. The summed E-state index contributed by atoms with van der Waals surface area (Å²) in [6.07, 6.45) is -5.72. The van der Waals surface area contributed by atoms with Crippen molar-refractivity contribution in [2.45, 2.75) is 24.6 Å². The van der Waals surface area contributed by atoms with E-state index in [9.17, 15) is 48.0 Å². The summed E-state index contributed by atoms with van der Waals surface area (Å²) < 4.78 is 39.9. The van der Waals surface area contributed by atoms with Gasteiger partial charge in [0.2, 0.25) is 5.78 Å².